The predicted molar refractivity (Wildman–Crippen MR) is 72.0 cm³/mol. The molecule has 0 fully saturated rings. The number of thioether (sulfide) groups is 1. The highest BCUT2D eigenvalue weighted by molar-refractivity contribution is 7.99. The van der Waals surface area contributed by atoms with E-state index < -0.39 is 6.10 Å². The molecule has 1 aromatic carbocycles. The van der Waals surface area contributed by atoms with Crippen molar-refractivity contribution in [1.29, 1.82) is 0 Å². The molecule has 96 valence electrons. The fourth-order valence-corrected chi connectivity index (χ4v) is 2.88. The average Bonchev–Trinajstić information content (AvgIpc) is 2.28. The summed E-state index contributed by atoms with van der Waals surface area (Å²) in [5.74, 6) is 0.789. The van der Waals surface area contributed by atoms with E-state index in [1.807, 2.05) is 6.07 Å². The maximum atomic E-state index is 13.4. The molecule has 0 aliphatic carbocycles. The Kier molecular flexibility index (Phi) is 6.00. The quantitative estimate of drug-likeness (QED) is 0.598. The van der Waals surface area contributed by atoms with Gasteiger partial charge in [-0.05, 0) is 49.3 Å². The molecule has 0 saturated carbocycles. The van der Waals surface area contributed by atoms with Gasteiger partial charge in [-0.1, -0.05) is 19.8 Å². The molecule has 1 atom stereocenters. The van der Waals surface area contributed by atoms with Gasteiger partial charge in [-0.15, -0.1) is 11.8 Å². The first-order valence-electron chi connectivity index (χ1n) is 6.17. The number of unbranched alkanes of at least 4 members (excludes halogenated alkanes) is 2. The molecule has 3 heteroatoms. The van der Waals surface area contributed by atoms with Crippen LogP contribution in [-0.4, -0.2) is 10.9 Å². The molecule has 1 unspecified atom stereocenters. The van der Waals surface area contributed by atoms with Gasteiger partial charge in [0.25, 0.3) is 0 Å². The highest BCUT2D eigenvalue weighted by atomic mass is 32.2. The largest absolute Gasteiger partial charge is 0.389 e. The first-order valence-corrected chi connectivity index (χ1v) is 7.15. The number of rotatable bonds is 6. The molecule has 1 nitrogen and oxygen atoms in total. The van der Waals surface area contributed by atoms with E-state index in [1.54, 1.807) is 25.6 Å². The minimum Gasteiger partial charge on any atom is -0.389 e. The number of halogens is 1. The van der Waals surface area contributed by atoms with E-state index in [1.165, 1.54) is 18.9 Å². The van der Waals surface area contributed by atoms with Crippen molar-refractivity contribution in [3.63, 3.8) is 0 Å². The standard InChI is InChI=1S/C14H21FOS/c1-4-5-6-7-17-14-8-10(2)13(15)9-12(14)11(3)16/h8-9,11,16H,4-7H2,1-3H3. The van der Waals surface area contributed by atoms with Gasteiger partial charge in [0.15, 0.2) is 0 Å². The monoisotopic (exact) mass is 256 g/mol. The molecule has 0 aliphatic heterocycles. The van der Waals surface area contributed by atoms with E-state index in [-0.39, 0.29) is 5.82 Å². The van der Waals surface area contributed by atoms with Gasteiger partial charge in [0, 0.05) is 4.90 Å². The molecule has 0 aromatic heterocycles. The van der Waals surface area contributed by atoms with Crippen molar-refractivity contribution < 1.29 is 9.50 Å². The fourth-order valence-electron chi connectivity index (χ4n) is 1.66. The summed E-state index contributed by atoms with van der Waals surface area (Å²) >= 11 is 1.71. The summed E-state index contributed by atoms with van der Waals surface area (Å²) in [6.45, 7) is 5.62. The Morgan fingerprint density at radius 2 is 2.06 bits per heavy atom. The molecule has 1 N–H and O–H groups in total. The molecular formula is C14H21FOS. The molecule has 0 bridgehead atoms. The van der Waals surface area contributed by atoms with Crippen molar-refractivity contribution in [2.45, 2.75) is 51.0 Å². The Morgan fingerprint density at radius 3 is 2.65 bits per heavy atom. The van der Waals surface area contributed by atoms with Crippen molar-refractivity contribution in [3.8, 4) is 0 Å². The van der Waals surface area contributed by atoms with E-state index in [4.69, 9.17) is 0 Å². The number of hydrogen-bond donors (Lipinski definition) is 1. The molecule has 1 rings (SSSR count). The van der Waals surface area contributed by atoms with Crippen LogP contribution in [-0.2, 0) is 0 Å². The van der Waals surface area contributed by atoms with Crippen LogP contribution in [0.4, 0.5) is 4.39 Å². The summed E-state index contributed by atoms with van der Waals surface area (Å²) in [5, 5.41) is 9.64. The zero-order valence-corrected chi connectivity index (χ0v) is 11.6. The summed E-state index contributed by atoms with van der Waals surface area (Å²) in [4.78, 5) is 1.01. The number of aliphatic hydroxyl groups is 1. The second kappa shape index (κ2) is 7.02. The van der Waals surface area contributed by atoms with E-state index in [0.29, 0.717) is 11.1 Å². The number of hydrogen-bond acceptors (Lipinski definition) is 2. The lowest BCUT2D eigenvalue weighted by atomic mass is 10.1. The normalized spacial score (nSPS) is 12.8. The molecule has 0 heterocycles. The Bertz CT molecular complexity index is 363. The smallest absolute Gasteiger partial charge is 0.126 e. The van der Waals surface area contributed by atoms with Crippen LogP contribution >= 0.6 is 11.8 Å². The minimum atomic E-state index is -0.612. The molecule has 0 aliphatic rings. The summed E-state index contributed by atoms with van der Waals surface area (Å²) in [7, 11) is 0. The third-order valence-electron chi connectivity index (χ3n) is 2.75. The second-order valence-electron chi connectivity index (χ2n) is 4.37. The molecular weight excluding hydrogens is 235 g/mol. The van der Waals surface area contributed by atoms with Gasteiger partial charge in [0.1, 0.15) is 5.82 Å². The Hall–Kier alpha value is -0.540. The van der Waals surface area contributed by atoms with E-state index in [0.717, 1.165) is 17.1 Å². The van der Waals surface area contributed by atoms with Crippen LogP contribution in [0.3, 0.4) is 0 Å². The highest BCUT2D eigenvalue weighted by Gasteiger charge is 2.11. The third kappa shape index (κ3) is 4.32. The molecule has 0 spiro atoms. The SMILES string of the molecule is CCCCCSc1cc(C)c(F)cc1C(C)O. The zero-order valence-electron chi connectivity index (χ0n) is 10.8. The minimum absolute atomic E-state index is 0.237. The van der Waals surface area contributed by atoms with Gasteiger partial charge in [0.05, 0.1) is 6.10 Å². The number of benzene rings is 1. The van der Waals surface area contributed by atoms with Crippen molar-refractivity contribution in [1.82, 2.24) is 0 Å². The van der Waals surface area contributed by atoms with Crippen LogP contribution in [0.2, 0.25) is 0 Å². The van der Waals surface area contributed by atoms with Gasteiger partial charge in [-0.3, -0.25) is 0 Å². The van der Waals surface area contributed by atoms with Gasteiger partial charge in [0.2, 0.25) is 0 Å². The number of aryl methyl sites for hydroxylation is 1. The highest BCUT2D eigenvalue weighted by Crippen LogP contribution is 2.30. The van der Waals surface area contributed by atoms with Gasteiger partial charge >= 0.3 is 0 Å². The third-order valence-corrected chi connectivity index (χ3v) is 3.90. The van der Waals surface area contributed by atoms with Gasteiger partial charge < -0.3 is 5.11 Å². The van der Waals surface area contributed by atoms with Crippen LogP contribution in [0.5, 0.6) is 0 Å². The maximum Gasteiger partial charge on any atom is 0.126 e. The maximum absolute atomic E-state index is 13.4. The van der Waals surface area contributed by atoms with Crippen molar-refractivity contribution >= 4 is 11.8 Å². The molecule has 17 heavy (non-hydrogen) atoms. The second-order valence-corrected chi connectivity index (χ2v) is 5.51. The van der Waals surface area contributed by atoms with E-state index in [2.05, 4.69) is 6.92 Å². The Labute approximate surface area is 107 Å². The van der Waals surface area contributed by atoms with Crippen LogP contribution < -0.4 is 0 Å². The van der Waals surface area contributed by atoms with Gasteiger partial charge in [-0.2, -0.15) is 0 Å². The first kappa shape index (κ1) is 14.5. The summed E-state index contributed by atoms with van der Waals surface area (Å²) in [6, 6.07) is 3.30. The molecule has 0 amide bonds. The lowest BCUT2D eigenvalue weighted by Crippen LogP contribution is -1.98. The predicted octanol–water partition coefficient (Wildman–Crippen LogP) is 4.47. The molecule has 0 saturated heterocycles. The van der Waals surface area contributed by atoms with Crippen LogP contribution in [0.1, 0.15) is 50.3 Å². The number of aliphatic hydroxyl groups excluding tert-OH is 1. The van der Waals surface area contributed by atoms with Crippen LogP contribution in [0.25, 0.3) is 0 Å². The summed E-state index contributed by atoms with van der Waals surface area (Å²) < 4.78 is 13.4. The topological polar surface area (TPSA) is 20.2 Å². The van der Waals surface area contributed by atoms with Crippen LogP contribution in [0, 0.1) is 12.7 Å². The van der Waals surface area contributed by atoms with Crippen molar-refractivity contribution in [2.75, 3.05) is 5.75 Å². The van der Waals surface area contributed by atoms with Crippen molar-refractivity contribution in [2.24, 2.45) is 0 Å². The Morgan fingerprint density at radius 1 is 1.35 bits per heavy atom. The lowest BCUT2D eigenvalue weighted by molar-refractivity contribution is 0.196. The molecule has 1 aromatic rings. The van der Waals surface area contributed by atoms with Gasteiger partial charge in [-0.25, -0.2) is 4.39 Å². The van der Waals surface area contributed by atoms with E-state index in [9.17, 15) is 9.50 Å². The van der Waals surface area contributed by atoms with Crippen molar-refractivity contribution in [3.05, 3.63) is 29.1 Å². The summed E-state index contributed by atoms with van der Waals surface area (Å²) in [6.07, 6.45) is 2.97. The van der Waals surface area contributed by atoms with Crippen LogP contribution in [0.15, 0.2) is 17.0 Å². The first-order chi connectivity index (χ1) is 8.06. The summed E-state index contributed by atoms with van der Waals surface area (Å²) in [5.41, 5.74) is 1.35. The Balaban J connectivity index is 2.78. The average molecular weight is 256 g/mol. The van der Waals surface area contributed by atoms with E-state index >= 15 is 0 Å². The molecule has 0 radical (unpaired) electrons. The zero-order chi connectivity index (χ0) is 12.8. The lowest BCUT2D eigenvalue weighted by Gasteiger charge is -2.13. The fraction of sp³-hybridized carbons (Fsp3) is 0.571.